The standard InChI is InChI=1S/C15H11N3O2.ClH/c1-9-15(19)18-13-3-2-10(11-4-5-20-8-11)6-12(13)16-7-14(18)17-9;/h2-8,19H,1H3;1H. The van der Waals surface area contributed by atoms with Crippen LogP contribution in [-0.2, 0) is 0 Å². The zero-order valence-electron chi connectivity index (χ0n) is 11.1. The van der Waals surface area contributed by atoms with Crippen molar-refractivity contribution in [3.63, 3.8) is 0 Å². The highest BCUT2D eigenvalue weighted by Gasteiger charge is 2.11. The van der Waals surface area contributed by atoms with Crippen LogP contribution in [0.25, 0.3) is 27.8 Å². The van der Waals surface area contributed by atoms with Crippen molar-refractivity contribution in [2.45, 2.75) is 6.92 Å². The van der Waals surface area contributed by atoms with Crippen molar-refractivity contribution in [2.24, 2.45) is 0 Å². The highest BCUT2D eigenvalue weighted by atomic mass is 35.5. The van der Waals surface area contributed by atoms with Crippen LogP contribution in [0.1, 0.15) is 5.69 Å². The molecule has 4 aromatic rings. The lowest BCUT2D eigenvalue weighted by Crippen LogP contribution is -1.91. The number of hydrogen-bond acceptors (Lipinski definition) is 4. The topological polar surface area (TPSA) is 63.6 Å². The molecule has 0 spiro atoms. The molecule has 1 aromatic carbocycles. The summed E-state index contributed by atoms with van der Waals surface area (Å²) in [5.41, 5.74) is 4.88. The molecular formula is C15H12ClN3O2. The van der Waals surface area contributed by atoms with Crippen LogP contribution in [0.5, 0.6) is 5.88 Å². The maximum atomic E-state index is 10.1. The highest BCUT2D eigenvalue weighted by molar-refractivity contribution is 5.85. The molecule has 5 nitrogen and oxygen atoms in total. The van der Waals surface area contributed by atoms with Crippen LogP contribution in [-0.4, -0.2) is 19.5 Å². The van der Waals surface area contributed by atoms with Crippen LogP contribution in [0.2, 0.25) is 0 Å². The summed E-state index contributed by atoms with van der Waals surface area (Å²) in [6.45, 7) is 1.77. The number of fused-ring (bicyclic) bond motifs is 3. The van der Waals surface area contributed by atoms with Gasteiger partial charge in [0.05, 0.1) is 29.8 Å². The third-order valence-electron chi connectivity index (χ3n) is 3.44. The number of imidazole rings is 1. The summed E-state index contributed by atoms with van der Waals surface area (Å²) < 4.78 is 6.80. The molecule has 0 fully saturated rings. The van der Waals surface area contributed by atoms with E-state index in [1.165, 1.54) is 0 Å². The second-order valence-electron chi connectivity index (χ2n) is 4.69. The molecule has 0 bridgehead atoms. The van der Waals surface area contributed by atoms with Gasteiger partial charge in [0.1, 0.15) is 5.69 Å². The average molecular weight is 302 g/mol. The molecule has 0 saturated carbocycles. The van der Waals surface area contributed by atoms with Crippen molar-refractivity contribution >= 4 is 29.1 Å². The van der Waals surface area contributed by atoms with Crippen LogP contribution < -0.4 is 0 Å². The predicted octanol–water partition coefficient (Wildman–Crippen LogP) is 3.58. The predicted molar refractivity (Wildman–Crippen MR) is 81.8 cm³/mol. The van der Waals surface area contributed by atoms with Gasteiger partial charge in [-0.05, 0) is 30.7 Å². The lowest BCUT2D eigenvalue weighted by molar-refractivity contribution is 0.446. The van der Waals surface area contributed by atoms with Gasteiger partial charge in [-0.25, -0.2) is 4.98 Å². The number of nitrogens with zero attached hydrogens (tertiary/aromatic N) is 3. The Morgan fingerprint density at radius 2 is 2.05 bits per heavy atom. The lowest BCUT2D eigenvalue weighted by Gasteiger charge is -2.04. The van der Waals surface area contributed by atoms with Gasteiger partial charge in [0, 0.05) is 5.56 Å². The third kappa shape index (κ3) is 1.94. The minimum Gasteiger partial charge on any atom is -0.493 e. The van der Waals surface area contributed by atoms with Gasteiger partial charge in [-0.3, -0.25) is 9.38 Å². The molecule has 21 heavy (non-hydrogen) atoms. The molecule has 106 valence electrons. The third-order valence-corrected chi connectivity index (χ3v) is 3.44. The highest BCUT2D eigenvalue weighted by Crippen LogP contribution is 2.27. The van der Waals surface area contributed by atoms with Gasteiger partial charge in [0.15, 0.2) is 5.65 Å². The first-order valence-electron chi connectivity index (χ1n) is 6.23. The van der Waals surface area contributed by atoms with Gasteiger partial charge >= 0.3 is 0 Å². The Balaban J connectivity index is 0.00000132. The summed E-state index contributed by atoms with van der Waals surface area (Å²) in [7, 11) is 0. The van der Waals surface area contributed by atoms with Crippen molar-refractivity contribution in [3.8, 4) is 17.0 Å². The molecule has 0 amide bonds. The fraction of sp³-hybridized carbons (Fsp3) is 0.0667. The Kier molecular flexibility index (Phi) is 3.07. The molecule has 3 aromatic heterocycles. The molecular weight excluding hydrogens is 290 g/mol. The van der Waals surface area contributed by atoms with Crippen molar-refractivity contribution in [1.82, 2.24) is 14.4 Å². The Morgan fingerprint density at radius 1 is 1.19 bits per heavy atom. The zero-order valence-corrected chi connectivity index (χ0v) is 12.0. The Bertz CT molecular complexity index is 929. The molecule has 0 aliphatic carbocycles. The van der Waals surface area contributed by atoms with E-state index in [1.807, 2.05) is 24.3 Å². The fourth-order valence-corrected chi connectivity index (χ4v) is 2.42. The number of aromatic nitrogens is 3. The summed E-state index contributed by atoms with van der Waals surface area (Å²) >= 11 is 0. The van der Waals surface area contributed by atoms with Gasteiger partial charge in [-0.2, -0.15) is 0 Å². The van der Waals surface area contributed by atoms with Gasteiger partial charge in [-0.15, -0.1) is 12.4 Å². The number of aromatic hydroxyl groups is 1. The maximum Gasteiger partial charge on any atom is 0.219 e. The SMILES string of the molecule is Cc1nc2cnc3cc(-c4ccoc4)ccc3n2c1O.Cl. The van der Waals surface area contributed by atoms with E-state index in [0.717, 1.165) is 22.2 Å². The number of aryl methyl sites for hydroxylation is 1. The van der Waals surface area contributed by atoms with Crippen LogP contribution in [0.3, 0.4) is 0 Å². The van der Waals surface area contributed by atoms with Crippen molar-refractivity contribution in [1.29, 1.82) is 0 Å². The quantitative estimate of drug-likeness (QED) is 0.583. The van der Waals surface area contributed by atoms with E-state index in [2.05, 4.69) is 9.97 Å². The van der Waals surface area contributed by atoms with Crippen LogP contribution >= 0.6 is 12.4 Å². The Labute approximate surface area is 126 Å². The molecule has 0 aliphatic rings. The number of rotatable bonds is 1. The first-order chi connectivity index (χ1) is 9.74. The fourth-order valence-electron chi connectivity index (χ4n) is 2.42. The van der Waals surface area contributed by atoms with Gasteiger partial charge in [0.2, 0.25) is 5.88 Å². The second-order valence-corrected chi connectivity index (χ2v) is 4.69. The first kappa shape index (κ1) is 13.5. The molecule has 4 rings (SSSR count). The summed E-state index contributed by atoms with van der Waals surface area (Å²) in [6.07, 6.45) is 4.99. The van der Waals surface area contributed by atoms with E-state index >= 15 is 0 Å². The van der Waals surface area contributed by atoms with E-state index in [0.29, 0.717) is 11.3 Å². The lowest BCUT2D eigenvalue weighted by atomic mass is 10.1. The number of halogens is 1. The zero-order chi connectivity index (χ0) is 13.7. The number of hydrogen-bond donors (Lipinski definition) is 1. The minimum absolute atomic E-state index is 0. The van der Waals surface area contributed by atoms with E-state index in [1.54, 1.807) is 30.0 Å². The molecule has 0 aliphatic heterocycles. The Morgan fingerprint density at radius 3 is 2.81 bits per heavy atom. The molecule has 0 atom stereocenters. The minimum atomic E-state index is 0. The maximum absolute atomic E-state index is 10.1. The van der Waals surface area contributed by atoms with Gasteiger partial charge < -0.3 is 9.52 Å². The Hall–Kier alpha value is -2.53. The van der Waals surface area contributed by atoms with Crippen molar-refractivity contribution in [3.05, 3.63) is 48.7 Å². The average Bonchev–Trinajstić information content (AvgIpc) is 3.08. The van der Waals surface area contributed by atoms with E-state index < -0.39 is 0 Å². The van der Waals surface area contributed by atoms with Crippen LogP contribution in [0, 0.1) is 6.92 Å². The molecule has 0 unspecified atom stereocenters. The molecule has 0 saturated heterocycles. The number of furan rings is 1. The van der Waals surface area contributed by atoms with Crippen molar-refractivity contribution in [2.75, 3.05) is 0 Å². The van der Waals surface area contributed by atoms with Crippen LogP contribution in [0.15, 0.2) is 47.4 Å². The van der Waals surface area contributed by atoms with E-state index in [-0.39, 0.29) is 18.3 Å². The number of benzene rings is 1. The molecule has 1 N–H and O–H groups in total. The normalized spacial score (nSPS) is 10.9. The van der Waals surface area contributed by atoms with Crippen molar-refractivity contribution < 1.29 is 9.52 Å². The summed E-state index contributed by atoms with van der Waals surface area (Å²) in [5.74, 6) is 0.156. The summed E-state index contributed by atoms with van der Waals surface area (Å²) in [4.78, 5) is 8.68. The molecule has 3 heterocycles. The van der Waals surface area contributed by atoms with Gasteiger partial charge in [0.25, 0.3) is 0 Å². The second kappa shape index (κ2) is 4.79. The molecule has 6 heteroatoms. The monoisotopic (exact) mass is 301 g/mol. The van der Waals surface area contributed by atoms with E-state index in [9.17, 15) is 5.11 Å². The van der Waals surface area contributed by atoms with Gasteiger partial charge in [-0.1, -0.05) is 6.07 Å². The summed E-state index contributed by atoms with van der Waals surface area (Å²) in [5, 5.41) is 10.1. The largest absolute Gasteiger partial charge is 0.493 e. The summed E-state index contributed by atoms with van der Waals surface area (Å²) in [6, 6.07) is 7.77. The molecule has 0 radical (unpaired) electrons. The first-order valence-corrected chi connectivity index (χ1v) is 6.23. The van der Waals surface area contributed by atoms with E-state index in [4.69, 9.17) is 4.42 Å². The van der Waals surface area contributed by atoms with Crippen LogP contribution in [0.4, 0.5) is 0 Å². The smallest absolute Gasteiger partial charge is 0.219 e.